The predicted molar refractivity (Wildman–Crippen MR) is 103 cm³/mol. The molecule has 7 nitrogen and oxygen atoms in total. The van der Waals surface area contributed by atoms with Gasteiger partial charge in [-0.05, 0) is 53.1 Å². The highest BCUT2D eigenvalue weighted by Crippen LogP contribution is 2.22. The molecule has 0 aliphatic carbocycles. The van der Waals surface area contributed by atoms with E-state index in [1.165, 1.54) is 0 Å². The molecule has 0 bridgehead atoms. The van der Waals surface area contributed by atoms with Gasteiger partial charge in [0.05, 0.1) is 15.9 Å². The first kappa shape index (κ1) is 17.2. The van der Waals surface area contributed by atoms with E-state index >= 15 is 0 Å². The number of nitrogens with one attached hydrogen (secondary N) is 3. The van der Waals surface area contributed by atoms with Gasteiger partial charge in [0.2, 0.25) is 10.0 Å². The van der Waals surface area contributed by atoms with Crippen LogP contribution in [0, 0.1) is 0 Å². The first-order valence-electron chi connectivity index (χ1n) is 8.22. The Morgan fingerprint density at radius 1 is 0.889 bits per heavy atom. The minimum absolute atomic E-state index is 0.116. The van der Waals surface area contributed by atoms with Gasteiger partial charge in [-0.1, -0.05) is 18.2 Å². The molecule has 0 fully saturated rings. The van der Waals surface area contributed by atoms with Crippen molar-refractivity contribution in [2.45, 2.75) is 11.4 Å². The lowest BCUT2D eigenvalue weighted by Crippen LogP contribution is -2.23. The number of benzene rings is 2. The smallest absolute Gasteiger partial charge is 0.306 e. The van der Waals surface area contributed by atoms with Gasteiger partial charge in [0.15, 0.2) is 0 Å². The van der Waals surface area contributed by atoms with Gasteiger partial charge in [-0.15, -0.1) is 0 Å². The van der Waals surface area contributed by atoms with Crippen molar-refractivity contribution in [1.82, 2.24) is 19.7 Å². The van der Waals surface area contributed by atoms with E-state index < -0.39 is 10.0 Å². The predicted octanol–water partition coefficient (Wildman–Crippen LogP) is 2.40. The van der Waals surface area contributed by atoms with Gasteiger partial charge in [0, 0.05) is 18.9 Å². The molecular formula is C19H16N4O3S. The van der Waals surface area contributed by atoms with E-state index in [9.17, 15) is 13.2 Å². The van der Waals surface area contributed by atoms with Gasteiger partial charge < -0.3 is 9.97 Å². The van der Waals surface area contributed by atoms with Gasteiger partial charge in [-0.25, -0.2) is 17.9 Å². The molecule has 0 aliphatic rings. The van der Waals surface area contributed by atoms with Gasteiger partial charge >= 0.3 is 5.69 Å². The largest absolute Gasteiger partial charge is 0.323 e. The van der Waals surface area contributed by atoms with Crippen LogP contribution in [0.15, 0.2) is 76.7 Å². The van der Waals surface area contributed by atoms with Crippen LogP contribution in [0.3, 0.4) is 0 Å². The summed E-state index contributed by atoms with van der Waals surface area (Å²) in [6.45, 7) is 0.116. The normalized spacial score (nSPS) is 11.7. The van der Waals surface area contributed by atoms with Crippen molar-refractivity contribution >= 4 is 21.1 Å². The fourth-order valence-electron chi connectivity index (χ4n) is 2.84. The molecule has 2 aromatic carbocycles. The van der Waals surface area contributed by atoms with Crippen molar-refractivity contribution in [2.24, 2.45) is 0 Å². The average Bonchev–Trinajstić information content (AvgIpc) is 3.06. The second-order valence-electron chi connectivity index (χ2n) is 6.05. The minimum atomic E-state index is -3.68. The number of rotatable bonds is 5. The highest BCUT2D eigenvalue weighted by molar-refractivity contribution is 7.89. The van der Waals surface area contributed by atoms with Crippen LogP contribution in [0.4, 0.5) is 0 Å². The molecule has 4 aromatic rings. The molecule has 27 heavy (non-hydrogen) atoms. The number of sulfonamides is 1. The van der Waals surface area contributed by atoms with E-state index in [1.54, 1.807) is 48.8 Å². The van der Waals surface area contributed by atoms with Crippen LogP contribution in [-0.4, -0.2) is 23.4 Å². The van der Waals surface area contributed by atoms with E-state index in [1.807, 2.05) is 18.2 Å². The zero-order chi connectivity index (χ0) is 18.9. The molecule has 136 valence electrons. The fraction of sp³-hybridized carbons (Fsp3) is 0.0526. The Labute approximate surface area is 155 Å². The average molecular weight is 380 g/mol. The number of aromatic amines is 2. The summed E-state index contributed by atoms with van der Waals surface area (Å²) in [5, 5.41) is 0. The lowest BCUT2D eigenvalue weighted by atomic mass is 10.1. The van der Waals surface area contributed by atoms with E-state index in [2.05, 4.69) is 19.7 Å². The Kier molecular flexibility index (Phi) is 4.35. The Hall–Kier alpha value is -3.23. The van der Waals surface area contributed by atoms with E-state index in [0.29, 0.717) is 11.0 Å². The lowest BCUT2D eigenvalue weighted by molar-refractivity contribution is 0.581. The van der Waals surface area contributed by atoms with Crippen molar-refractivity contribution in [3.8, 4) is 11.1 Å². The maximum atomic E-state index is 12.7. The molecule has 2 aromatic heterocycles. The number of pyridine rings is 1. The highest BCUT2D eigenvalue weighted by atomic mass is 32.2. The quantitative estimate of drug-likeness (QED) is 0.494. The van der Waals surface area contributed by atoms with Crippen LogP contribution in [-0.2, 0) is 16.6 Å². The number of hydrogen-bond acceptors (Lipinski definition) is 4. The Morgan fingerprint density at radius 3 is 2.48 bits per heavy atom. The van der Waals surface area contributed by atoms with E-state index in [-0.39, 0.29) is 17.1 Å². The molecule has 0 radical (unpaired) electrons. The number of hydrogen-bond donors (Lipinski definition) is 3. The SMILES string of the molecule is O=c1[nH]c2ccc(CNS(=O)(=O)c3cccc(-c4ccncc4)c3)cc2[nH]1. The van der Waals surface area contributed by atoms with Crippen LogP contribution in [0.2, 0.25) is 0 Å². The molecule has 8 heteroatoms. The summed E-state index contributed by atoms with van der Waals surface area (Å²) in [6.07, 6.45) is 3.33. The van der Waals surface area contributed by atoms with Crippen LogP contribution < -0.4 is 10.4 Å². The molecule has 0 atom stereocenters. The molecule has 0 unspecified atom stereocenters. The molecule has 4 rings (SSSR count). The molecule has 0 aliphatic heterocycles. The topological polar surface area (TPSA) is 108 Å². The first-order chi connectivity index (χ1) is 13.0. The summed E-state index contributed by atoms with van der Waals surface area (Å²) in [5.41, 5.74) is 3.45. The minimum Gasteiger partial charge on any atom is -0.306 e. The summed E-state index contributed by atoms with van der Waals surface area (Å²) < 4.78 is 27.9. The van der Waals surface area contributed by atoms with Crippen LogP contribution in [0.25, 0.3) is 22.2 Å². The van der Waals surface area contributed by atoms with Crippen LogP contribution >= 0.6 is 0 Å². The summed E-state index contributed by atoms with van der Waals surface area (Å²) in [6, 6.07) is 15.6. The third kappa shape index (κ3) is 3.67. The Balaban J connectivity index is 1.57. The second kappa shape index (κ2) is 6.82. The van der Waals surface area contributed by atoms with Crippen molar-refractivity contribution in [1.29, 1.82) is 0 Å². The first-order valence-corrected chi connectivity index (χ1v) is 9.71. The number of aromatic nitrogens is 3. The standard InChI is InChI=1S/C19H16N4O3S/c24-19-22-17-5-4-13(10-18(17)23-19)12-21-27(25,26)16-3-1-2-15(11-16)14-6-8-20-9-7-14/h1-11,21H,12H2,(H2,22,23,24). The maximum absolute atomic E-state index is 12.7. The van der Waals surface area contributed by atoms with Crippen LogP contribution in [0.1, 0.15) is 5.56 Å². The summed E-state index contributed by atoms with van der Waals surface area (Å²) >= 11 is 0. The molecule has 0 saturated heterocycles. The van der Waals surface area contributed by atoms with Crippen molar-refractivity contribution in [2.75, 3.05) is 0 Å². The molecule has 0 spiro atoms. The monoisotopic (exact) mass is 380 g/mol. The summed E-state index contributed by atoms with van der Waals surface area (Å²) in [5.74, 6) is 0. The van der Waals surface area contributed by atoms with Crippen molar-refractivity contribution in [3.05, 3.63) is 83.0 Å². The van der Waals surface area contributed by atoms with Crippen LogP contribution in [0.5, 0.6) is 0 Å². The number of H-pyrrole nitrogens is 2. The fourth-order valence-corrected chi connectivity index (χ4v) is 3.90. The van der Waals surface area contributed by atoms with Gasteiger partial charge in [0.25, 0.3) is 0 Å². The van der Waals surface area contributed by atoms with E-state index in [0.717, 1.165) is 16.7 Å². The third-order valence-corrected chi connectivity index (χ3v) is 5.60. The van der Waals surface area contributed by atoms with Gasteiger partial charge in [-0.2, -0.15) is 0 Å². The Morgan fingerprint density at radius 2 is 1.67 bits per heavy atom. The summed E-state index contributed by atoms with van der Waals surface area (Å²) in [7, 11) is -3.68. The van der Waals surface area contributed by atoms with Gasteiger partial charge in [-0.3, -0.25) is 4.98 Å². The third-order valence-electron chi connectivity index (χ3n) is 4.20. The molecule has 3 N–H and O–H groups in total. The zero-order valence-electron chi connectivity index (χ0n) is 14.1. The number of fused-ring (bicyclic) bond motifs is 1. The molecule has 0 saturated carbocycles. The number of nitrogens with zero attached hydrogens (tertiary/aromatic N) is 1. The summed E-state index contributed by atoms with van der Waals surface area (Å²) in [4.78, 5) is 20.8. The number of imidazole rings is 1. The second-order valence-corrected chi connectivity index (χ2v) is 7.81. The molecule has 2 heterocycles. The lowest BCUT2D eigenvalue weighted by Gasteiger charge is -2.09. The Bertz CT molecular complexity index is 1260. The van der Waals surface area contributed by atoms with E-state index in [4.69, 9.17) is 0 Å². The van der Waals surface area contributed by atoms with Gasteiger partial charge in [0.1, 0.15) is 0 Å². The maximum Gasteiger partial charge on any atom is 0.323 e. The van der Waals surface area contributed by atoms with Crippen molar-refractivity contribution in [3.63, 3.8) is 0 Å². The van der Waals surface area contributed by atoms with Crippen molar-refractivity contribution < 1.29 is 8.42 Å². The highest BCUT2D eigenvalue weighted by Gasteiger charge is 2.15. The molecule has 0 amide bonds. The molecular weight excluding hydrogens is 364 g/mol. The zero-order valence-corrected chi connectivity index (χ0v) is 15.0.